The van der Waals surface area contributed by atoms with E-state index in [1.165, 1.54) is 6.07 Å². The maximum Gasteiger partial charge on any atom is 0.220 e. The molecule has 0 radical (unpaired) electrons. The van der Waals surface area contributed by atoms with Crippen LogP contribution in [0.2, 0.25) is 0 Å². The van der Waals surface area contributed by atoms with E-state index in [2.05, 4.69) is 15.4 Å². The Morgan fingerprint density at radius 2 is 2.26 bits per heavy atom. The predicted octanol–water partition coefficient (Wildman–Crippen LogP) is 3.90. The molecule has 1 aliphatic rings. The number of nitrogens with one attached hydrogen (secondary N) is 1. The number of carbonyl (C=O) groups excluding carboxylic acids is 1. The molecule has 140 valence electrons. The van der Waals surface area contributed by atoms with Gasteiger partial charge in [0.1, 0.15) is 11.5 Å². The summed E-state index contributed by atoms with van der Waals surface area (Å²) in [6.45, 7) is 1.97. The molecular formula is C20H21FN4OS. The fourth-order valence-corrected chi connectivity index (χ4v) is 4.38. The molecule has 3 aromatic rings. The quantitative estimate of drug-likeness (QED) is 0.726. The zero-order chi connectivity index (χ0) is 18.8. The number of nitrogens with zero attached hydrogens (tertiary/aromatic N) is 3. The molecule has 0 saturated carbocycles. The summed E-state index contributed by atoms with van der Waals surface area (Å²) >= 11 is 1.59. The fourth-order valence-electron chi connectivity index (χ4n) is 3.60. The van der Waals surface area contributed by atoms with Gasteiger partial charge in [-0.3, -0.25) is 4.79 Å². The SMILES string of the molecule is Cc1ncsc1CCC(=O)NC1CCCc2c1cnn2-c1ccccc1F. The standard InChI is InChI=1S/C20H21FN4OS/c1-13-19(27-12-22-13)9-10-20(26)24-16-6-4-8-17-14(16)11-23-25(17)18-7-3-2-5-15(18)21/h2-3,5,7,11-12,16H,4,6,8-10H2,1H3,(H,24,26). The highest BCUT2D eigenvalue weighted by atomic mass is 32.1. The normalized spacial score (nSPS) is 16.1. The Hall–Kier alpha value is -2.54. The third kappa shape index (κ3) is 3.64. The summed E-state index contributed by atoms with van der Waals surface area (Å²) in [7, 11) is 0. The summed E-state index contributed by atoms with van der Waals surface area (Å²) in [5.74, 6) is -0.270. The van der Waals surface area contributed by atoms with E-state index in [-0.39, 0.29) is 17.8 Å². The molecule has 0 aliphatic heterocycles. The number of aromatic nitrogens is 3. The number of rotatable bonds is 5. The van der Waals surface area contributed by atoms with Crippen LogP contribution in [0.4, 0.5) is 4.39 Å². The Balaban J connectivity index is 1.48. The molecule has 1 atom stereocenters. The van der Waals surface area contributed by atoms with Crippen molar-refractivity contribution >= 4 is 17.2 Å². The molecule has 5 nitrogen and oxygen atoms in total. The Kier molecular flexibility index (Phi) is 5.03. The Bertz CT molecular complexity index is 965. The van der Waals surface area contributed by atoms with E-state index in [4.69, 9.17) is 0 Å². The summed E-state index contributed by atoms with van der Waals surface area (Å²) < 4.78 is 15.8. The van der Waals surface area contributed by atoms with Gasteiger partial charge in [0.15, 0.2) is 0 Å². The van der Waals surface area contributed by atoms with Gasteiger partial charge in [0, 0.05) is 22.6 Å². The summed E-state index contributed by atoms with van der Waals surface area (Å²) in [4.78, 5) is 17.8. The molecule has 0 fully saturated rings. The van der Waals surface area contributed by atoms with E-state index in [9.17, 15) is 9.18 Å². The minimum atomic E-state index is -0.297. The van der Waals surface area contributed by atoms with Crippen LogP contribution in [0.15, 0.2) is 36.0 Å². The second kappa shape index (κ2) is 7.60. The van der Waals surface area contributed by atoms with Crippen LogP contribution in [0.3, 0.4) is 0 Å². The number of amides is 1. The molecule has 0 spiro atoms. The number of benzene rings is 1. The number of aryl methyl sites for hydroxylation is 2. The summed E-state index contributed by atoms with van der Waals surface area (Å²) in [5.41, 5.74) is 5.24. The largest absolute Gasteiger partial charge is 0.349 e. The Morgan fingerprint density at radius 1 is 1.41 bits per heavy atom. The topological polar surface area (TPSA) is 59.8 Å². The van der Waals surface area contributed by atoms with E-state index < -0.39 is 0 Å². The molecule has 2 heterocycles. The van der Waals surface area contributed by atoms with Crippen molar-refractivity contribution in [1.29, 1.82) is 0 Å². The highest BCUT2D eigenvalue weighted by Gasteiger charge is 2.26. The lowest BCUT2D eigenvalue weighted by Gasteiger charge is -2.24. The Morgan fingerprint density at radius 3 is 3.04 bits per heavy atom. The second-order valence-electron chi connectivity index (χ2n) is 6.78. The van der Waals surface area contributed by atoms with Crippen molar-refractivity contribution in [3.05, 3.63) is 63.6 Å². The third-order valence-corrected chi connectivity index (χ3v) is 6.02. The van der Waals surface area contributed by atoms with Gasteiger partial charge < -0.3 is 5.32 Å². The molecule has 7 heteroatoms. The molecule has 1 unspecified atom stereocenters. The van der Waals surface area contributed by atoms with Crippen molar-refractivity contribution in [1.82, 2.24) is 20.1 Å². The number of carbonyl (C=O) groups is 1. The lowest BCUT2D eigenvalue weighted by Crippen LogP contribution is -2.31. The van der Waals surface area contributed by atoms with Gasteiger partial charge in [0.05, 0.1) is 23.4 Å². The molecule has 4 rings (SSSR count). The number of para-hydroxylation sites is 1. The van der Waals surface area contributed by atoms with Crippen molar-refractivity contribution in [2.45, 2.75) is 45.1 Å². The zero-order valence-corrected chi connectivity index (χ0v) is 15.9. The first-order valence-electron chi connectivity index (χ1n) is 9.13. The molecular weight excluding hydrogens is 363 g/mol. The van der Waals surface area contributed by atoms with Crippen molar-refractivity contribution < 1.29 is 9.18 Å². The van der Waals surface area contributed by atoms with Gasteiger partial charge in [-0.1, -0.05) is 12.1 Å². The van der Waals surface area contributed by atoms with Gasteiger partial charge in [-0.25, -0.2) is 14.1 Å². The molecule has 27 heavy (non-hydrogen) atoms. The smallest absolute Gasteiger partial charge is 0.220 e. The lowest BCUT2D eigenvalue weighted by atomic mass is 9.92. The van der Waals surface area contributed by atoms with Crippen LogP contribution in [0.5, 0.6) is 0 Å². The van der Waals surface area contributed by atoms with E-state index >= 15 is 0 Å². The van der Waals surface area contributed by atoms with Gasteiger partial charge >= 0.3 is 0 Å². The van der Waals surface area contributed by atoms with E-state index in [0.717, 1.165) is 41.1 Å². The van der Waals surface area contributed by atoms with Crippen LogP contribution >= 0.6 is 11.3 Å². The van der Waals surface area contributed by atoms with Gasteiger partial charge in [-0.05, 0) is 44.7 Å². The molecule has 0 bridgehead atoms. The van der Waals surface area contributed by atoms with Crippen LogP contribution in [0.25, 0.3) is 5.69 Å². The summed E-state index contributed by atoms with van der Waals surface area (Å²) in [6, 6.07) is 6.57. The predicted molar refractivity (Wildman–Crippen MR) is 103 cm³/mol. The maximum absolute atomic E-state index is 14.2. The van der Waals surface area contributed by atoms with Crippen LogP contribution in [-0.2, 0) is 17.6 Å². The van der Waals surface area contributed by atoms with Gasteiger partial charge in [-0.2, -0.15) is 5.10 Å². The third-order valence-electron chi connectivity index (χ3n) is 5.02. The van der Waals surface area contributed by atoms with Crippen molar-refractivity contribution in [2.75, 3.05) is 0 Å². The van der Waals surface area contributed by atoms with Crippen molar-refractivity contribution in [2.24, 2.45) is 0 Å². The van der Waals surface area contributed by atoms with Crippen molar-refractivity contribution in [3.8, 4) is 5.69 Å². The van der Waals surface area contributed by atoms with Crippen LogP contribution in [0.1, 0.15) is 47.1 Å². The number of hydrogen-bond acceptors (Lipinski definition) is 4. The first kappa shape index (κ1) is 17.9. The minimum Gasteiger partial charge on any atom is -0.349 e. The minimum absolute atomic E-state index is 0.0271. The number of halogens is 1. The zero-order valence-electron chi connectivity index (χ0n) is 15.1. The van der Waals surface area contributed by atoms with Crippen LogP contribution in [0, 0.1) is 12.7 Å². The average Bonchev–Trinajstić information content (AvgIpc) is 3.27. The van der Waals surface area contributed by atoms with Crippen molar-refractivity contribution in [3.63, 3.8) is 0 Å². The molecule has 2 aromatic heterocycles. The fraction of sp³-hybridized carbons (Fsp3) is 0.350. The van der Waals surface area contributed by atoms with Crippen LogP contribution < -0.4 is 5.32 Å². The number of thiazole rings is 1. The van der Waals surface area contributed by atoms with Gasteiger partial charge in [0.25, 0.3) is 0 Å². The molecule has 1 aliphatic carbocycles. The van der Waals surface area contributed by atoms with E-state index in [0.29, 0.717) is 18.5 Å². The van der Waals surface area contributed by atoms with Gasteiger partial charge in [-0.15, -0.1) is 11.3 Å². The van der Waals surface area contributed by atoms with E-state index in [1.807, 2.05) is 12.4 Å². The first-order chi connectivity index (χ1) is 13.1. The second-order valence-corrected chi connectivity index (χ2v) is 7.72. The maximum atomic E-state index is 14.2. The van der Waals surface area contributed by atoms with Crippen LogP contribution in [-0.4, -0.2) is 20.7 Å². The summed E-state index contributed by atoms with van der Waals surface area (Å²) in [6.07, 6.45) is 5.55. The Labute approximate surface area is 161 Å². The lowest BCUT2D eigenvalue weighted by molar-refractivity contribution is -0.121. The van der Waals surface area contributed by atoms with Gasteiger partial charge in [0.2, 0.25) is 5.91 Å². The molecule has 0 saturated heterocycles. The number of fused-ring (bicyclic) bond motifs is 1. The molecule has 1 amide bonds. The number of hydrogen-bond donors (Lipinski definition) is 1. The average molecular weight is 384 g/mol. The molecule has 1 N–H and O–H groups in total. The van der Waals surface area contributed by atoms with E-state index in [1.54, 1.807) is 40.4 Å². The summed E-state index contributed by atoms with van der Waals surface area (Å²) in [5, 5.41) is 7.54. The highest BCUT2D eigenvalue weighted by molar-refractivity contribution is 7.09. The molecule has 1 aromatic carbocycles. The highest BCUT2D eigenvalue weighted by Crippen LogP contribution is 2.31. The monoisotopic (exact) mass is 384 g/mol. The first-order valence-corrected chi connectivity index (χ1v) is 10.0.